The Morgan fingerprint density at radius 1 is 1.27 bits per heavy atom. The van der Waals surface area contributed by atoms with Gasteiger partial charge in [0.15, 0.2) is 17.5 Å². The Morgan fingerprint density at radius 3 is 2.27 bits per heavy atom. The molecule has 0 spiro atoms. The van der Waals surface area contributed by atoms with Crippen LogP contribution in [0.1, 0.15) is 18.6 Å². The highest BCUT2D eigenvalue weighted by Gasteiger charge is 2.15. The minimum atomic E-state index is -1.54. The maximum atomic E-state index is 12.8. The summed E-state index contributed by atoms with van der Waals surface area (Å²) in [6.45, 7) is 2.02. The van der Waals surface area contributed by atoms with Crippen LogP contribution in [-0.4, -0.2) is 18.3 Å². The van der Waals surface area contributed by atoms with Gasteiger partial charge in [0, 0.05) is 6.61 Å². The van der Waals surface area contributed by atoms with Crippen LogP contribution >= 0.6 is 0 Å². The molecular weight excluding hydrogens is 209 g/mol. The third kappa shape index (κ3) is 2.94. The van der Waals surface area contributed by atoms with Crippen LogP contribution in [0.25, 0.3) is 0 Å². The summed E-state index contributed by atoms with van der Waals surface area (Å²) in [5.74, 6) is -4.18. The van der Waals surface area contributed by atoms with Crippen molar-refractivity contribution in [3.8, 4) is 0 Å². The summed E-state index contributed by atoms with van der Waals surface area (Å²) in [5.41, 5.74) is -0.0418. The highest BCUT2D eigenvalue weighted by molar-refractivity contribution is 5.21. The van der Waals surface area contributed by atoms with Crippen LogP contribution in [0, 0.1) is 17.5 Å². The molecule has 0 aliphatic carbocycles. The van der Waals surface area contributed by atoms with Gasteiger partial charge in [-0.05, 0) is 24.6 Å². The molecule has 1 aromatic carbocycles. The van der Waals surface area contributed by atoms with E-state index in [1.165, 1.54) is 0 Å². The third-order valence-electron chi connectivity index (χ3n) is 1.87. The number of ether oxygens (including phenoxy) is 1. The second-order valence-electron chi connectivity index (χ2n) is 2.97. The maximum absolute atomic E-state index is 12.8. The zero-order valence-electron chi connectivity index (χ0n) is 8.14. The molecule has 5 heteroatoms. The number of hydrogen-bond donors (Lipinski definition) is 1. The number of rotatable bonds is 4. The Balaban J connectivity index is 2.86. The van der Waals surface area contributed by atoms with Gasteiger partial charge < -0.3 is 9.84 Å². The quantitative estimate of drug-likeness (QED) is 0.788. The molecule has 0 amide bonds. The summed E-state index contributed by atoms with van der Waals surface area (Å²) in [6, 6.07) is 1.50. The maximum Gasteiger partial charge on any atom is 0.194 e. The van der Waals surface area contributed by atoms with Crippen molar-refractivity contribution in [1.82, 2.24) is 0 Å². The van der Waals surface area contributed by atoms with Gasteiger partial charge in [-0.25, -0.2) is 13.2 Å². The minimum absolute atomic E-state index is 0.0418. The standard InChI is InChI=1S/C10H11F3O2/c1-2-15-5-9(14)6-3-7(11)10(13)8(12)4-6/h3-4,9,14H,2,5H2,1H3. The summed E-state index contributed by atoms with van der Waals surface area (Å²) >= 11 is 0. The van der Waals surface area contributed by atoms with E-state index in [2.05, 4.69) is 0 Å². The first-order valence-corrected chi connectivity index (χ1v) is 4.46. The van der Waals surface area contributed by atoms with Crippen molar-refractivity contribution in [2.75, 3.05) is 13.2 Å². The average Bonchev–Trinajstić information content (AvgIpc) is 2.21. The van der Waals surface area contributed by atoms with Gasteiger partial charge in [-0.3, -0.25) is 0 Å². The molecule has 0 saturated carbocycles. The van der Waals surface area contributed by atoms with Gasteiger partial charge in [0.25, 0.3) is 0 Å². The van der Waals surface area contributed by atoms with Crippen molar-refractivity contribution in [2.24, 2.45) is 0 Å². The van der Waals surface area contributed by atoms with E-state index in [-0.39, 0.29) is 12.2 Å². The van der Waals surface area contributed by atoms with E-state index in [0.29, 0.717) is 6.61 Å². The fourth-order valence-corrected chi connectivity index (χ4v) is 1.09. The van der Waals surface area contributed by atoms with Crippen LogP contribution in [0.2, 0.25) is 0 Å². The van der Waals surface area contributed by atoms with Crippen LogP contribution in [0.15, 0.2) is 12.1 Å². The number of aliphatic hydroxyl groups excluding tert-OH is 1. The van der Waals surface area contributed by atoms with Gasteiger partial charge in [0.1, 0.15) is 6.10 Å². The number of benzene rings is 1. The van der Waals surface area contributed by atoms with E-state index in [1.807, 2.05) is 0 Å². The molecule has 15 heavy (non-hydrogen) atoms. The third-order valence-corrected chi connectivity index (χ3v) is 1.87. The highest BCUT2D eigenvalue weighted by Crippen LogP contribution is 2.19. The smallest absolute Gasteiger partial charge is 0.194 e. The predicted molar refractivity (Wildman–Crippen MR) is 47.8 cm³/mol. The van der Waals surface area contributed by atoms with Crippen molar-refractivity contribution in [1.29, 1.82) is 0 Å². The monoisotopic (exact) mass is 220 g/mol. The zero-order chi connectivity index (χ0) is 11.4. The first-order valence-electron chi connectivity index (χ1n) is 4.46. The lowest BCUT2D eigenvalue weighted by molar-refractivity contribution is 0.0416. The second-order valence-corrected chi connectivity index (χ2v) is 2.97. The van der Waals surface area contributed by atoms with Crippen LogP contribution in [0.3, 0.4) is 0 Å². The summed E-state index contributed by atoms with van der Waals surface area (Å²) < 4.78 is 42.9. The van der Waals surface area contributed by atoms with E-state index in [0.717, 1.165) is 12.1 Å². The van der Waals surface area contributed by atoms with Crippen LogP contribution in [-0.2, 0) is 4.74 Å². The lowest BCUT2D eigenvalue weighted by Gasteiger charge is -2.11. The van der Waals surface area contributed by atoms with E-state index in [9.17, 15) is 18.3 Å². The van der Waals surface area contributed by atoms with E-state index in [1.54, 1.807) is 6.92 Å². The molecule has 0 saturated heterocycles. The van der Waals surface area contributed by atoms with E-state index >= 15 is 0 Å². The van der Waals surface area contributed by atoms with Crippen LogP contribution < -0.4 is 0 Å². The molecule has 1 unspecified atom stereocenters. The summed E-state index contributed by atoms with van der Waals surface area (Å²) in [4.78, 5) is 0. The molecule has 1 N–H and O–H groups in total. The topological polar surface area (TPSA) is 29.5 Å². The zero-order valence-corrected chi connectivity index (χ0v) is 8.14. The summed E-state index contributed by atoms with van der Waals surface area (Å²) in [6.07, 6.45) is -1.16. The Hall–Kier alpha value is -1.07. The van der Waals surface area contributed by atoms with Crippen molar-refractivity contribution < 1.29 is 23.0 Å². The molecule has 0 radical (unpaired) electrons. The van der Waals surface area contributed by atoms with E-state index in [4.69, 9.17) is 4.74 Å². The van der Waals surface area contributed by atoms with Crippen molar-refractivity contribution >= 4 is 0 Å². The molecule has 0 aromatic heterocycles. The van der Waals surface area contributed by atoms with Crippen molar-refractivity contribution in [3.05, 3.63) is 35.1 Å². The summed E-state index contributed by atoms with van der Waals surface area (Å²) in [7, 11) is 0. The fraction of sp³-hybridized carbons (Fsp3) is 0.400. The van der Waals surface area contributed by atoms with Gasteiger partial charge in [-0.15, -0.1) is 0 Å². The van der Waals surface area contributed by atoms with Gasteiger partial charge in [0.2, 0.25) is 0 Å². The molecule has 0 heterocycles. The average molecular weight is 220 g/mol. The number of hydrogen-bond acceptors (Lipinski definition) is 2. The normalized spacial score (nSPS) is 12.9. The Labute approximate surface area is 85.3 Å². The molecule has 1 aromatic rings. The first kappa shape index (κ1) is 12.0. The lowest BCUT2D eigenvalue weighted by Crippen LogP contribution is -2.08. The lowest BCUT2D eigenvalue weighted by atomic mass is 10.1. The Bertz CT molecular complexity index is 318. The molecule has 0 bridgehead atoms. The molecule has 0 fully saturated rings. The Kier molecular flexibility index (Phi) is 4.11. The molecule has 0 aliphatic heterocycles. The van der Waals surface area contributed by atoms with Gasteiger partial charge in [-0.1, -0.05) is 0 Å². The van der Waals surface area contributed by atoms with Crippen LogP contribution in [0.5, 0.6) is 0 Å². The second kappa shape index (κ2) is 5.14. The fourth-order valence-electron chi connectivity index (χ4n) is 1.09. The largest absolute Gasteiger partial charge is 0.386 e. The number of halogens is 3. The summed E-state index contributed by atoms with van der Waals surface area (Å²) in [5, 5.41) is 9.41. The van der Waals surface area contributed by atoms with Crippen molar-refractivity contribution in [2.45, 2.75) is 13.0 Å². The Morgan fingerprint density at radius 2 is 1.80 bits per heavy atom. The van der Waals surface area contributed by atoms with Crippen LogP contribution in [0.4, 0.5) is 13.2 Å². The molecule has 1 rings (SSSR count). The van der Waals surface area contributed by atoms with Gasteiger partial charge in [-0.2, -0.15) is 0 Å². The molecule has 2 nitrogen and oxygen atoms in total. The van der Waals surface area contributed by atoms with Crippen molar-refractivity contribution in [3.63, 3.8) is 0 Å². The molecule has 1 atom stereocenters. The predicted octanol–water partition coefficient (Wildman–Crippen LogP) is 2.17. The van der Waals surface area contributed by atoms with Gasteiger partial charge >= 0.3 is 0 Å². The minimum Gasteiger partial charge on any atom is -0.386 e. The SMILES string of the molecule is CCOCC(O)c1cc(F)c(F)c(F)c1. The molecule has 0 aliphatic rings. The molecular formula is C10H11F3O2. The van der Waals surface area contributed by atoms with E-state index < -0.39 is 23.6 Å². The van der Waals surface area contributed by atoms with Gasteiger partial charge in [0.05, 0.1) is 6.61 Å². The number of aliphatic hydroxyl groups is 1. The molecule has 84 valence electrons. The highest BCUT2D eigenvalue weighted by atomic mass is 19.2. The first-order chi connectivity index (χ1) is 7.06.